The Labute approximate surface area is 84.8 Å². The summed E-state index contributed by atoms with van der Waals surface area (Å²) in [5.74, 6) is -0.188. The first-order valence-corrected chi connectivity index (χ1v) is 5.51. The number of amides is 1. The maximum Gasteiger partial charge on any atom is 0.218 e. The zero-order chi connectivity index (χ0) is 9.97. The van der Waals surface area contributed by atoms with E-state index in [0.717, 1.165) is 25.7 Å². The molecule has 3 N–H and O–H groups in total. The lowest BCUT2D eigenvalue weighted by Crippen LogP contribution is -2.36. The molecule has 0 saturated carbocycles. The van der Waals surface area contributed by atoms with Gasteiger partial charge in [0.05, 0.1) is 0 Å². The molecule has 2 unspecified atom stereocenters. The van der Waals surface area contributed by atoms with E-state index in [1.54, 1.807) is 0 Å². The molecule has 0 radical (unpaired) electrons. The molecule has 2 bridgehead atoms. The summed E-state index contributed by atoms with van der Waals surface area (Å²) in [6.07, 6.45) is 4.33. The topological polar surface area (TPSA) is 58.4 Å². The number of rotatable bonds is 3. The van der Waals surface area contributed by atoms with Crippen molar-refractivity contribution in [2.24, 2.45) is 5.73 Å². The van der Waals surface area contributed by atoms with Crippen molar-refractivity contribution in [3.05, 3.63) is 0 Å². The van der Waals surface area contributed by atoms with Gasteiger partial charge in [0.1, 0.15) is 0 Å². The number of carbonyl (C=O) groups excluding carboxylic acids is 1. The van der Waals surface area contributed by atoms with Crippen LogP contribution >= 0.6 is 0 Å². The zero-order valence-corrected chi connectivity index (χ0v) is 8.54. The lowest BCUT2D eigenvalue weighted by molar-refractivity contribution is -0.118. The van der Waals surface area contributed by atoms with Gasteiger partial charge < -0.3 is 16.0 Å². The minimum absolute atomic E-state index is 0.188. The molecule has 2 aliphatic heterocycles. The summed E-state index contributed by atoms with van der Waals surface area (Å²) in [4.78, 5) is 13.0. The summed E-state index contributed by atoms with van der Waals surface area (Å²) in [6, 6.07) is 1.37. The molecule has 0 aromatic heterocycles. The Bertz CT molecular complexity index is 219. The maximum absolute atomic E-state index is 10.7. The van der Waals surface area contributed by atoms with Crippen LogP contribution in [0.3, 0.4) is 0 Å². The Morgan fingerprint density at radius 2 is 2.14 bits per heavy atom. The fraction of sp³-hybridized carbons (Fsp3) is 0.900. The Morgan fingerprint density at radius 3 is 2.93 bits per heavy atom. The zero-order valence-electron chi connectivity index (χ0n) is 8.54. The predicted molar refractivity (Wildman–Crippen MR) is 54.8 cm³/mol. The maximum atomic E-state index is 10.7. The Kier molecular flexibility index (Phi) is 3.03. The van der Waals surface area contributed by atoms with E-state index in [1.165, 1.54) is 19.3 Å². The summed E-state index contributed by atoms with van der Waals surface area (Å²) < 4.78 is 0. The molecular weight excluding hydrogens is 178 g/mol. The highest BCUT2D eigenvalue weighted by Crippen LogP contribution is 2.20. The summed E-state index contributed by atoms with van der Waals surface area (Å²) in [5, 5.41) is 3.61. The van der Waals surface area contributed by atoms with E-state index >= 15 is 0 Å². The van der Waals surface area contributed by atoms with Crippen molar-refractivity contribution < 1.29 is 4.79 Å². The smallest absolute Gasteiger partial charge is 0.218 e. The van der Waals surface area contributed by atoms with Gasteiger partial charge in [0.15, 0.2) is 0 Å². The Balaban J connectivity index is 1.80. The molecule has 0 aromatic rings. The van der Waals surface area contributed by atoms with Crippen molar-refractivity contribution in [3.63, 3.8) is 0 Å². The van der Waals surface area contributed by atoms with Crippen molar-refractivity contribution in [2.45, 2.75) is 37.8 Å². The number of nitrogens with zero attached hydrogens (tertiary/aromatic N) is 1. The lowest BCUT2D eigenvalue weighted by Gasteiger charge is -2.23. The number of nitrogens with two attached hydrogens (primary N) is 1. The van der Waals surface area contributed by atoms with Crippen molar-refractivity contribution in [2.75, 3.05) is 19.6 Å². The van der Waals surface area contributed by atoms with Gasteiger partial charge in [0, 0.05) is 31.6 Å². The molecule has 2 fully saturated rings. The first-order valence-electron chi connectivity index (χ1n) is 5.51. The summed E-state index contributed by atoms with van der Waals surface area (Å²) in [7, 11) is 0. The van der Waals surface area contributed by atoms with Gasteiger partial charge in [-0.2, -0.15) is 0 Å². The van der Waals surface area contributed by atoms with Crippen LogP contribution in [-0.4, -0.2) is 42.5 Å². The third-order valence-electron chi connectivity index (χ3n) is 3.28. The van der Waals surface area contributed by atoms with Gasteiger partial charge in [-0.3, -0.25) is 4.79 Å². The van der Waals surface area contributed by atoms with Crippen LogP contribution in [0.15, 0.2) is 0 Å². The highest BCUT2D eigenvalue weighted by atomic mass is 16.1. The molecule has 2 rings (SSSR count). The molecule has 14 heavy (non-hydrogen) atoms. The van der Waals surface area contributed by atoms with E-state index < -0.39 is 0 Å². The minimum Gasteiger partial charge on any atom is -0.370 e. The average Bonchev–Trinajstić information content (AvgIpc) is 2.44. The van der Waals surface area contributed by atoms with Crippen molar-refractivity contribution in [1.82, 2.24) is 10.2 Å². The molecule has 2 atom stereocenters. The summed E-state index contributed by atoms with van der Waals surface area (Å²) >= 11 is 0. The molecule has 4 heteroatoms. The second kappa shape index (κ2) is 4.28. The quantitative estimate of drug-likeness (QED) is 0.652. The van der Waals surface area contributed by atoms with E-state index in [9.17, 15) is 4.79 Å². The van der Waals surface area contributed by atoms with E-state index in [4.69, 9.17) is 5.73 Å². The number of hydrogen-bond donors (Lipinski definition) is 2. The molecule has 0 aliphatic carbocycles. The van der Waals surface area contributed by atoms with Crippen LogP contribution < -0.4 is 11.1 Å². The second-order valence-corrected chi connectivity index (χ2v) is 4.44. The third-order valence-corrected chi connectivity index (χ3v) is 3.28. The molecule has 0 spiro atoms. The predicted octanol–water partition coefficient (Wildman–Crippen LogP) is -0.312. The summed E-state index contributed by atoms with van der Waals surface area (Å²) in [6.45, 7) is 3.03. The first-order chi connectivity index (χ1) is 6.74. The molecule has 2 saturated heterocycles. The first kappa shape index (κ1) is 9.93. The number of fused-ring (bicyclic) bond motifs is 2. The van der Waals surface area contributed by atoms with E-state index in [0.29, 0.717) is 12.5 Å². The largest absolute Gasteiger partial charge is 0.370 e. The van der Waals surface area contributed by atoms with Gasteiger partial charge in [0.2, 0.25) is 5.91 Å². The van der Waals surface area contributed by atoms with Crippen LogP contribution in [0.2, 0.25) is 0 Å². The second-order valence-electron chi connectivity index (χ2n) is 4.44. The van der Waals surface area contributed by atoms with Gasteiger partial charge in [-0.15, -0.1) is 0 Å². The number of primary amides is 1. The fourth-order valence-corrected chi connectivity index (χ4v) is 2.49. The van der Waals surface area contributed by atoms with Crippen LogP contribution in [0.25, 0.3) is 0 Å². The lowest BCUT2D eigenvalue weighted by atomic mass is 10.1. The highest BCUT2D eigenvalue weighted by molar-refractivity contribution is 5.73. The summed E-state index contributed by atoms with van der Waals surface area (Å²) in [5.41, 5.74) is 5.14. The van der Waals surface area contributed by atoms with Gasteiger partial charge in [-0.25, -0.2) is 0 Å². The van der Waals surface area contributed by atoms with E-state index in [1.807, 2.05) is 0 Å². The van der Waals surface area contributed by atoms with Crippen LogP contribution in [0.1, 0.15) is 25.7 Å². The molecule has 4 nitrogen and oxygen atoms in total. The SMILES string of the molecule is NC(=O)CCN1CCC2CCC(C1)N2. The highest BCUT2D eigenvalue weighted by Gasteiger charge is 2.28. The average molecular weight is 197 g/mol. The minimum atomic E-state index is -0.188. The molecule has 2 aliphatic rings. The van der Waals surface area contributed by atoms with Gasteiger partial charge in [-0.1, -0.05) is 0 Å². The molecule has 80 valence electrons. The van der Waals surface area contributed by atoms with Crippen molar-refractivity contribution >= 4 is 5.91 Å². The molecular formula is C10H19N3O. The van der Waals surface area contributed by atoms with E-state index in [-0.39, 0.29) is 5.91 Å². The van der Waals surface area contributed by atoms with Crippen LogP contribution in [0, 0.1) is 0 Å². The van der Waals surface area contributed by atoms with Crippen LogP contribution in [0.4, 0.5) is 0 Å². The number of likely N-dealkylation sites (tertiary alicyclic amines) is 1. The monoisotopic (exact) mass is 197 g/mol. The molecule has 1 amide bonds. The van der Waals surface area contributed by atoms with Crippen molar-refractivity contribution in [1.29, 1.82) is 0 Å². The number of hydrogen-bond acceptors (Lipinski definition) is 3. The van der Waals surface area contributed by atoms with Crippen LogP contribution in [-0.2, 0) is 4.79 Å². The Hall–Kier alpha value is -0.610. The molecule has 2 heterocycles. The normalized spacial score (nSPS) is 32.9. The fourth-order valence-electron chi connectivity index (χ4n) is 2.49. The standard InChI is InChI=1S/C10H19N3O/c11-10(14)4-6-13-5-3-8-1-2-9(7-13)12-8/h8-9,12H,1-7H2,(H2,11,14). The van der Waals surface area contributed by atoms with Crippen molar-refractivity contribution in [3.8, 4) is 0 Å². The Morgan fingerprint density at radius 1 is 1.36 bits per heavy atom. The molecule has 0 aromatic carbocycles. The third kappa shape index (κ3) is 2.45. The van der Waals surface area contributed by atoms with Gasteiger partial charge >= 0.3 is 0 Å². The van der Waals surface area contributed by atoms with E-state index in [2.05, 4.69) is 10.2 Å². The van der Waals surface area contributed by atoms with Gasteiger partial charge in [-0.05, 0) is 25.8 Å². The number of carbonyl (C=O) groups is 1. The van der Waals surface area contributed by atoms with Gasteiger partial charge in [0.25, 0.3) is 0 Å². The number of nitrogens with one attached hydrogen (secondary N) is 1. The van der Waals surface area contributed by atoms with Crippen LogP contribution in [0.5, 0.6) is 0 Å².